The highest BCUT2D eigenvalue weighted by atomic mass is 28.4. The highest BCUT2D eigenvalue weighted by Gasteiger charge is 2.87. The van der Waals surface area contributed by atoms with Gasteiger partial charge in [0.05, 0.1) is 23.2 Å². The Morgan fingerprint density at radius 1 is 1.03 bits per heavy atom. The topological polar surface area (TPSA) is 96.4 Å². The third-order valence-electron chi connectivity index (χ3n) is 9.10. The third kappa shape index (κ3) is 2.67. The van der Waals surface area contributed by atoms with Gasteiger partial charge in [-0.3, -0.25) is 9.59 Å². The molecule has 1 aliphatic heterocycles. The van der Waals surface area contributed by atoms with Crippen LogP contribution in [0.3, 0.4) is 0 Å². The number of phenolic OH excluding ortho intramolecular Hbond substituents is 1. The summed E-state index contributed by atoms with van der Waals surface area (Å²) < 4.78 is 13.4. The summed E-state index contributed by atoms with van der Waals surface area (Å²) in [6.45, 7) is 13.3. The van der Waals surface area contributed by atoms with E-state index in [0.717, 1.165) is 6.42 Å². The Labute approximate surface area is 202 Å². The third-order valence-corrected chi connectivity index (χ3v) is 15.2. The molecule has 1 saturated heterocycles. The lowest BCUT2D eigenvalue weighted by Crippen LogP contribution is -2.65. The van der Waals surface area contributed by atoms with E-state index in [2.05, 4.69) is 41.5 Å². The van der Waals surface area contributed by atoms with Crippen molar-refractivity contribution in [2.45, 2.75) is 100 Å². The zero-order chi connectivity index (χ0) is 24.8. The van der Waals surface area contributed by atoms with Crippen LogP contribution in [-0.4, -0.2) is 53.0 Å². The van der Waals surface area contributed by atoms with Crippen molar-refractivity contribution >= 4 is 19.9 Å². The number of benzene rings is 1. The van der Waals surface area contributed by atoms with E-state index < -0.39 is 42.9 Å². The van der Waals surface area contributed by atoms with Gasteiger partial charge in [-0.25, -0.2) is 0 Å². The van der Waals surface area contributed by atoms with Gasteiger partial charge in [-0.2, -0.15) is 0 Å². The zero-order valence-electron chi connectivity index (χ0n) is 20.9. The van der Waals surface area contributed by atoms with Crippen molar-refractivity contribution in [3.63, 3.8) is 0 Å². The van der Waals surface area contributed by atoms with E-state index in [1.165, 1.54) is 6.07 Å². The minimum absolute atomic E-state index is 0.0132. The second kappa shape index (κ2) is 7.35. The first-order valence-electron chi connectivity index (χ1n) is 12.6. The van der Waals surface area contributed by atoms with Crippen molar-refractivity contribution in [1.82, 2.24) is 0 Å². The number of fused-ring (bicyclic) bond motifs is 2. The number of aliphatic hydroxyl groups is 1. The maximum absolute atomic E-state index is 14.0. The van der Waals surface area contributed by atoms with Crippen molar-refractivity contribution in [2.24, 2.45) is 5.92 Å². The number of epoxide rings is 1. The average Bonchev–Trinajstić information content (AvgIpc) is 3.47. The fourth-order valence-electron chi connectivity index (χ4n) is 7.77. The number of Topliss-reactive ketones (excluding diaryl/α,β-unsaturated/α-hetero) is 2. The normalized spacial score (nSPS) is 36.4. The fourth-order valence-corrected chi connectivity index (χ4v) is 13.4. The summed E-state index contributed by atoms with van der Waals surface area (Å²) in [5, 5.41) is 22.3. The van der Waals surface area contributed by atoms with Gasteiger partial charge in [0.15, 0.2) is 17.0 Å². The van der Waals surface area contributed by atoms with E-state index in [0.29, 0.717) is 29.5 Å². The summed E-state index contributed by atoms with van der Waals surface area (Å²) in [5.74, 6) is -1.66. The number of ketones is 2. The maximum Gasteiger partial charge on any atom is 0.206 e. The summed E-state index contributed by atoms with van der Waals surface area (Å²) in [7, 11) is -2.34. The van der Waals surface area contributed by atoms with Crippen molar-refractivity contribution in [1.29, 1.82) is 0 Å². The molecule has 0 radical (unpaired) electrons. The first-order chi connectivity index (χ1) is 15.9. The van der Waals surface area contributed by atoms with Crippen molar-refractivity contribution in [3.8, 4) is 5.75 Å². The summed E-state index contributed by atoms with van der Waals surface area (Å²) in [5.41, 5.74) is -3.08. The molecule has 1 aromatic carbocycles. The fraction of sp³-hybridized carbons (Fsp3) is 0.630. The van der Waals surface area contributed by atoms with Crippen LogP contribution in [0.1, 0.15) is 81.5 Å². The predicted molar refractivity (Wildman–Crippen MR) is 131 cm³/mol. The molecular formula is C27H36O6Si. The molecule has 6 nitrogen and oxygen atoms in total. The number of hydrogen-bond donors (Lipinski definition) is 2. The maximum atomic E-state index is 14.0. The molecule has 1 saturated carbocycles. The zero-order valence-corrected chi connectivity index (χ0v) is 21.9. The van der Waals surface area contributed by atoms with Crippen LogP contribution in [0.5, 0.6) is 5.75 Å². The van der Waals surface area contributed by atoms with Gasteiger partial charge in [-0.1, -0.05) is 59.8 Å². The van der Waals surface area contributed by atoms with Crippen molar-refractivity contribution in [2.75, 3.05) is 0 Å². The lowest BCUT2D eigenvalue weighted by molar-refractivity contribution is -0.0946. The van der Waals surface area contributed by atoms with Gasteiger partial charge < -0.3 is 19.4 Å². The molecule has 2 fully saturated rings. The molecule has 0 aromatic heterocycles. The van der Waals surface area contributed by atoms with Gasteiger partial charge in [0, 0.05) is 5.56 Å². The lowest BCUT2D eigenvalue weighted by Gasteiger charge is -2.53. The summed E-state index contributed by atoms with van der Waals surface area (Å²) in [6, 6.07) is 4.56. The van der Waals surface area contributed by atoms with Crippen molar-refractivity contribution in [3.05, 3.63) is 41.5 Å². The SMILES string of the molecule is CC(C)[Si](O[C@@H]1CCC[C@@]2(O)C=C[C@]34O[C@]3(C(=O)c3cccc(O)c3C4=O)[C@@H]12)(C(C)C)C(C)C. The molecule has 4 aliphatic rings. The summed E-state index contributed by atoms with van der Waals surface area (Å²) in [4.78, 5) is 27.7. The molecule has 5 atom stereocenters. The molecule has 184 valence electrons. The first-order valence-corrected chi connectivity index (χ1v) is 14.8. The summed E-state index contributed by atoms with van der Waals surface area (Å²) in [6.07, 6.45) is 4.79. The molecule has 1 heterocycles. The lowest BCUT2D eigenvalue weighted by atomic mass is 9.56. The number of carbonyl (C=O) groups is 2. The summed E-state index contributed by atoms with van der Waals surface area (Å²) >= 11 is 0. The molecule has 2 N–H and O–H groups in total. The number of carbonyl (C=O) groups excluding carboxylic acids is 2. The van der Waals surface area contributed by atoms with Crippen molar-refractivity contribution < 1.29 is 29.0 Å². The smallest absolute Gasteiger partial charge is 0.206 e. The molecule has 3 aliphatic carbocycles. The average molecular weight is 485 g/mol. The van der Waals surface area contributed by atoms with Crippen LogP contribution >= 0.6 is 0 Å². The quantitative estimate of drug-likeness (QED) is 0.349. The van der Waals surface area contributed by atoms with E-state index in [-0.39, 0.29) is 22.7 Å². The molecule has 5 rings (SSSR count). The van der Waals surface area contributed by atoms with Crippen LogP contribution in [0.25, 0.3) is 0 Å². The van der Waals surface area contributed by atoms with Crippen LogP contribution in [0.2, 0.25) is 16.6 Å². The second-order valence-electron chi connectivity index (χ2n) is 11.6. The van der Waals surface area contributed by atoms with Crippen LogP contribution in [0, 0.1) is 5.92 Å². The molecule has 7 heteroatoms. The Morgan fingerprint density at radius 3 is 2.29 bits per heavy atom. The highest BCUT2D eigenvalue weighted by molar-refractivity contribution is 6.77. The number of hydrogen-bond acceptors (Lipinski definition) is 6. The monoisotopic (exact) mass is 484 g/mol. The number of phenols is 1. The second-order valence-corrected chi connectivity index (χ2v) is 17.0. The molecule has 0 amide bonds. The van der Waals surface area contributed by atoms with Gasteiger partial charge >= 0.3 is 0 Å². The number of rotatable bonds is 5. The standard InChI is InChI=1S/C27H36O6Si/c1-15(2)34(16(3)4,17(5)6)32-20-11-8-12-25(31)13-14-26-24(30)21-18(9-7-10-19(21)28)23(29)27(26,33-26)22(20)25/h7,9-10,13-17,20,22,28,31H,8,11-12H2,1-6H3/t20-,22+,25-,26-,27+/m1/s1. The molecule has 0 unspecified atom stereocenters. The number of aromatic hydroxyl groups is 1. The largest absolute Gasteiger partial charge is 0.507 e. The predicted octanol–water partition coefficient (Wildman–Crippen LogP) is 4.94. The molecule has 0 bridgehead atoms. The Hall–Kier alpha value is -1.80. The first kappa shape index (κ1) is 23.9. The van der Waals surface area contributed by atoms with E-state index in [4.69, 9.17) is 9.16 Å². The Kier molecular flexibility index (Phi) is 5.17. The van der Waals surface area contributed by atoms with E-state index in [9.17, 15) is 19.8 Å². The highest BCUT2D eigenvalue weighted by Crippen LogP contribution is 2.68. The van der Waals surface area contributed by atoms with Gasteiger partial charge in [0.25, 0.3) is 0 Å². The minimum atomic E-state index is -2.34. The molecule has 34 heavy (non-hydrogen) atoms. The van der Waals surface area contributed by atoms with E-state index in [1.807, 2.05) is 0 Å². The molecular weight excluding hydrogens is 448 g/mol. The Bertz CT molecular complexity index is 1070. The Balaban J connectivity index is 1.66. The van der Waals surface area contributed by atoms with Gasteiger partial charge in [0.1, 0.15) is 5.75 Å². The molecule has 1 aromatic rings. The number of ether oxygens (including phenoxy) is 1. The van der Waals surface area contributed by atoms with Gasteiger partial charge in [-0.05, 0) is 48.0 Å². The minimum Gasteiger partial charge on any atom is -0.507 e. The van der Waals surface area contributed by atoms with E-state index in [1.54, 1.807) is 24.3 Å². The van der Waals surface area contributed by atoms with Crippen LogP contribution in [0.15, 0.2) is 30.4 Å². The van der Waals surface area contributed by atoms with Crippen LogP contribution < -0.4 is 0 Å². The van der Waals surface area contributed by atoms with Crippen LogP contribution in [0.4, 0.5) is 0 Å². The van der Waals surface area contributed by atoms with E-state index >= 15 is 0 Å². The Morgan fingerprint density at radius 2 is 1.68 bits per heavy atom. The van der Waals surface area contributed by atoms with Crippen LogP contribution in [-0.2, 0) is 9.16 Å². The van der Waals surface area contributed by atoms with Gasteiger partial charge in [0.2, 0.25) is 14.1 Å². The van der Waals surface area contributed by atoms with Gasteiger partial charge in [-0.15, -0.1) is 0 Å². The molecule has 0 spiro atoms.